The normalized spacial score (nSPS) is 24.0. The highest BCUT2D eigenvalue weighted by Crippen LogP contribution is 2.32. The van der Waals surface area contributed by atoms with Crippen LogP contribution in [0.2, 0.25) is 0 Å². The van der Waals surface area contributed by atoms with Crippen LogP contribution in [-0.2, 0) is 22.7 Å². The lowest BCUT2D eigenvalue weighted by atomic mass is 9.83. The lowest BCUT2D eigenvalue weighted by Gasteiger charge is -2.46. The van der Waals surface area contributed by atoms with Crippen molar-refractivity contribution >= 4 is 28.5 Å². The molecule has 1 aromatic heterocycles. The maximum absolute atomic E-state index is 13.1. The number of rotatable bonds is 5. The van der Waals surface area contributed by atoms with E-state index in [0.29, 0.717) is 37.4 Å². The van der Waals surface area contributed by atoms with Gasteiger partial charge >= 0.3 is 0 Å². The third-order valence-electron chi connectivity index (χ3n) is 7.37. The van der Waals surface area contributed by atoms with Crippen molar-refractivity contribution in [2.24, 2.45) is 11.8 Å². The molecule has 0 bridgehead atoms. The van der Waals surface area contributed by atoms with Gasteiger partial charge in [-0.1, -0.05) is 20.3 Å². The quantitative estimate of drug-likeness (QED) is 0.776. The zero-order chi connectivity index (χ0) is 22.2. The number of carbonyl (C=O) groups is 2. The third-order valence-corrected chi connectivity index (χ3v) is 7.37. The van der Waals surface area contributed by atoms with Crippen LogP contribution in [0.3, 0.4) is 0 Å². The predicted octanol–water partition coefficient (Wildman–Crippen LogP) is 3.63. The molecule has 3 aliphatic heterocycles. The minimum absolute atomic E-state index is 0.0221. The molecule has 2 amide bonds. The van der Waals surface area contributed by atoms with Gasteiger partial charge in [-0.15, -0.1) is 0 Å². The van der Waals surface area contributed by atoms with Gasteiger partial charge in [0.15, 0.2) is 0 Å². The van der Waals surface area contributed by atoms with E-state index in [-0.39, 0.29) is 11.8 Å². The van der Waals surface area contributed by atoms with Gasteiger partial charge in [-0.25, -0.2) is 4.98 Å². The molecule has 4 heterocycles. The van der Waals surface area contributed by atoms with Gasteiger partial charge in [0.05, 0.1) is 17.6 Å². The molecule has 2 saturated heterocycles. The van der Waals surface area contributed by atoms with Gasteiger partial charge in [0.2, 0.25) is 11.8 Å². The van der Waals surface area contributed by atoms with Crippen molar-refractivity contribution in [2.75, 3.05) is 25.0 Å². The number of benzene rings is 1. The molecule has 3 aliphatic rings. The van der Waals surface area contributed by atoms with Crippen molar-refractivity contribution in [3.8, 4) is 0 Å². The summed E-state index contributed by atoms with van der Waals surface area (Å²) in [6.07, 6.45) is 6.87. The monoisotopic (exact) mass is 437 g/mol. The molecule has 32 heavy (non-hydrogen) atoms. The summed E-state index contributed by atoms with van der Waals surface area (Å²) in [4.78, 5) is 34.7. The summed E-state index contributed by atoms with van der Waals surface area (Å²) in [6.45, 7) is 8.29. The van der Waals surface area contributed by atoms with Crippen LogP contribution in [0.1, 0.15) is 58.2 Å². The van der Waals surface area contributed by atoms with E-state index < -0.39 is 0 Å². The second-order valence-electron chi connectivity index (χ2n) is 10.2. The van der Waals surface area contributed by atoms with Crippen LogP contribution < -0.4 is 5.32 Å². The van der Waals surface area contributed by atoms with E-state index in [1.54, 1.807) is 0 Å². The Bertz CT molecular complexity index is 1010. The van der Waals surface area contributed by atoms with Crippen molar-refractivity contribution in [1.82, 2.24) is 19.4 Å². The standard InChI is InChI=1S/C25H35N5O2/c1-17(2)12-24(31)26-19-8-9-22-20(13-19)27-23-15-29(25(32)16-30(22)23)14-18-6-5-11-28-10-4-3-7-21(18)28/h8-9,13,17-18,21H,3-7,10-12,14-16H2,1-2H3,(H,26,31)/t18-,21-/m1/s1. The van der Waals surface area contributed by atoms with E-state index in [0.717, 1.165) is 29.1 Å². The van der Waals surface area contributed by atoms with Crippen molar-refractivity contribution in [1.29, 1.82) is 0 Å². The highest BCUT2D eigenvalue weighted by atomic mass is 16.2. The minimum atomic E-state index is 0.0221. The Balaban J connectivity index is 1.31. The van der Waals surface area contributed by atoms with Gasteiger partial charge in [-0.05, 0) is 68.8 Å². The molecule has 7 nitrogen and oxygen atoms in total. The molecule has 1 N–H and O–H groups in total. The third kappa shape index (κ3) is 4.27. The number of carbonyl (C=O) groups excluding carboxylic acids is 2. The van der Waals surface area contributed by atoms with Crippen LogP contribution >= 0.6 is 0 Å². The number of nitrogens with zero attached hydrogens (tertiary/aromatic N) is 4. The van der Waals surface area contributed by atoms with Crippen molar-refractivity contribution in [3.63, 3.8) is 0 Å². The first kappa shape index (κ1) is 21.4. The molecule has 0 spiro atoms. The summed E-state index contributed by atoms with van der Waals surface area (Å²) in [5.41, 5.74) is 2.57. The Morgan fingerprint density at radius 1 is 1.16 bits per heavy atom. The maximum atomic E-state index is 13.1. The van der Waals surface area contributed by atoms with Crippen molar-refractivity contribution in [2.45, 2.75) is 71.5 Å². The molecule has 7 heteroatoms. The average molecular weight is 438 g/mol. The molecule has 0 unspecified atom stereocenters. The highest BCUT2D eigenvalue weighted by molar-refractivity contribution is 5.93. The first-order valence-corrected chi connectivity index (χ1v) is 12.3. The van der Waals surface area contributed by atoms with E-state index in [4.69, 9.17) is 4.98 Å². The van der Waals surface area contributed by atoms with Crippen LogP contribution in [0.15, 0.2) is 18.2 Å². The molecule has 2 fully saturated rings. The van der Waals surface area contributed by atoms with E-state index in [2.05, 4.69) is 10.2 Å². The fourth-order valence-electron chi connectivity index (χ4n) is 5.87. The van der Waals surface area contributed by atoms with Gasteiger partial charge in [-0.3, -0.25) is 9.59 Å². The molecule has 0 radical (unpaired) electrons. The van der Waals surface area contributed by atoms with Gasteiger partial charge in [0, 0.05) is 24.7 Å². The second-order valence-corrected chi connectivity index (χ2v) is 10.2. The molecule has 5 rings (SSSR count). The summed E-state index contributed by atoms with van der Waals surface area (Å²) in [5.74, 6) is 2.06. The van der Waals surface area contributed by atoms with Crippen LogP contribution in [0.4, 0.5) is 5.69 Å². The van der Waals surface area contributed by atoms with Gasteiger partial charge < -0.3 is 19.7 Å². The predicted molar refractivity (Wildman–Crippen MR) is 125 cm³/mol. The molecule has 0 saturated carbocycles. The van der Waals surface area contributed by atoms with E-state index >= 15 is 0 Å². The summed E-state index contributed by atoms with van der Waals surface area (Å²) in [6, 6.07) is 6.45. The molecule has 0 aliphatic carbocycles. The number of amides is 2. The minimum Gasteiger partial charge on any atom is -0.333 e. The number of aromatic nitrogens is 2. The van der Waals surface area contributed by atoms with E-state index in [9.17, 15) is 9.59 Å². The zero-order valence-electron chi connectivity index (χ0n) is 19.3. The smallest absolute Gasteiger partial charge is 0.242 e. The van der Waals surface area contributed by atoms with Crippen LogP contribution in [0, 0.1) is 11.8 Å². The SMILES string of the molecule is CC(C)CC(=O)Nc1ccc2c(c1)nc1n2CC(=O)N(C[C@H]2CCCN3CCCC[C@H]23)C1. The van der Waals surface area contributed by atoms with E-state index in [1.807, 2.05) is 41.5 Å². The first-order chi connectivity index (χ1) is 15.5. The molecular weight excluding hydrogens is 402 g/mol. The Hall–Kier alpha value is -2.41. The fourth-order valence-corrected chi connectivity index (χ4v) is 5.87. The average Bonchev–Trinajstić information content (AvgIpc) is 3.10. The van der Waals surface area contributed by atoms with E-state index in [1.165, 1.54) is 45.2 Å². The van der Waals surface area contributed by atoms with Gasteiger partial charge in [0.1, 0.15) is 12.4 Å². The number of nitrogens with one attached hydrogen (secondary N) is 1. The molecule has 2 aromatic rings. The molecule has 2 atom stereocenters. The van der Waals surface area contributed by atoms with Crippen LogP contribution in [0.25, 0.3) is 11.0 Å². The number of piperidine rings is 2. The summed E-state index contributed by atoms with van der Waals surface area (Å²) in [5, 5.41) is 2.97. The molecule has 1 aromatic carbocycles. The Morgan fingerprint density at radius 2 is 2.00 bits per heavy atom. The highest BCUT2D eigenvalue weighted by Gasteiger charge is 2.36. The number of imidazole rings is 1. The second kappa shape index (κ2) is 8.85. The maximum Gasteiger partial charge on any atom is 0.242 e. The number of anilines is 1. The summed E-state index contributed by atoms with van der Waals surface area (Å²) >= 11 is 0. The number of hydrogen-bond donors (Lipinski definition) is 1. The van der Waals surface area contributed by atoms with Crippen LogP contribution in [-0.4, -0.2) is 56.8 Å². The number of fused-ring (bicyclic) bond motifs is 4. The number of hydrogen-bond acceptors (Lipinski definition) is 4. The first-order valence-electron chi connectivity index (χ1n) is 12.3. The summed E-state index contributed by atoms with van der Waals surface area (Å²) < 4.78 is 2.04. The van der Waals surface area contributed by atoms with Crippen molar-refractivity contribution < 1.29 is 9.59 Å². The molecule has 172 valence electrons. The van der Waals surface area contributed by atoms with Crippen molar-refractivity contribution in [3.05, 3.63) is 24.0 Å². The Morgan fingerprint density at radius 3 is 2.84 bits per heavy atom. The zero-order valence-corrected chi connectivity index (χ0v) is 19.3. The van der Waals surface area contributed by atoms with Crippen LogP contribution in [0.5, 0.6) is 0 Å². The lowest BCUT2D eigenvalue weighted by Crippen LogP contribution is -2.52. The summed E-state index contributed by atoms with van der Waals surface area (Å²) in [7, 11) is 0. The fraction of sp³-hybridized carbons (Fsp3) is 0.640. The Labute approximate surface area is 190 Å². The molecular formula is C25H35N5O2. The topological polar surface area (TPSA) is 70.5 Å². The largest absolute Gasteiger partial charge is 0.333 e. The lowest BCUT2D eigenvalue weighted by molar-refractivity contribution is -0.135. The van der Waals surface area contributed by atoms with Gasteiger partial charge in [0.25, 0.3) is 0 Å². The Kier molecular flexibility index (Phi) is 5.93. The van der Waals surface area contributed by atoms with Gasteiger partial charge in [-0.2, -0.15) is 0 Å².